The Hall–Kier alpha value is -2.30. The second-order valence-corrected chi connectivity index (χ2v) is 6.81. The fraction of sp³-hybridized carbons (Fsp3) is 0.444. The molecule has 0 saturated carbocycles. The van der Waals surface area contributed by atoms with E-state index < -0.39 is 0 Å². The summed E-state index contributed by atoms with van der Waals surface area (Å²) in [6, 6.07) is 6.04. The summed E-state index contributed by atoms with van der Waals surface area (Å²) in [6.45, 7) is 6.73. The lowest BCUT2D eigenvalue weighted by atomic mass is 9.92. The smallest absolute Gasteiger partial charge is 0.156 e. The normalized spacial score (nSPS) is 22.0. The third-order valence-corrected chi connectivity index (χ3v) is 4.74. The van der Waals surface area contributed by atoms with Crippen molar-refractivity contribution in [2.75, 3.05) is 25.1 Å². The van der Waals surface area contributed by atoms with Crippen molar-refractivity contribution >= 4 is 27.8 Å². The number of hydrogen-bond acceptors (Lipinski definition) is 4. The molecule has 2 atom stereocenters. The molecule has 1 N–H and O–H groups in total. The molecule has 5 heteroatoms. The lowest BCUT2D eigenvalue weighted by Gasteiger charge is -2.35. The molecule has 3 aromatic rings. The number of nitrogens with zero attached hydrogens (tertiary/aromatic N) is 3. The van der Waals surface area contributed by atoms with Crippen LogP contribution in [-0.4, -0.2) is 35.2 Å². The summed E-state index contributed by atoms with van der Waals surface area (Å²) in [7, 11) is 1.69. The predicted octanol–water partition coefficient (Wildman–Crippen LogP) is 3.60. The Balaban J connectivity index is 1.87. The highest BCUT2D eigenvalue weighted by molar-refractivity contribution is 6.08. The van der Waals surface area contributed by atoms with Crippen LogP contribution in [0.15, 0.2) is 24.5 Å². The number of methoxy groups -OCH3 is 1. The maximum Gasteiger partial charge on any atom is 0.156 e. The van der Waals surface area contributed by atoms with Gasteiger partial charge in [-0.15, -0.1) is 0 Å². The lowest BCUT2D eigenvalue weighted by molar-refractivity contribution is 0.356. The number of rotatable bonds is 2. The van der Waals surface area contributed by atoms with Crippen LogP contribution in [0.1, 0.15) is 20.3 Å². The third-order valence-electron chi connectivity index (χ3n) is 4.74. The Kier molecular flexibility index (Phi) is 3.36. The first kappa shape index (κ1) is 14.3. The number of nitrogens with one attached hydrogen (secondary N) is 1. The van der Waals surface area contributed by atoms with Crippen LogP contribution in [0.2, 0.25) is 0 Å². The highest BCUT2D eigenvalue weighted by Crippen LogP contribution is 2.33. The van der Waals surface area contributed by atoms with E-state index in [4.69, 9.17) is 4.74 Å². The Bertz CT molecular complexity index is 847. The molecule has 3 heterocycles. The summed E-state index contributed by atoms with van der Waals surface area (Å²) in [4.78, 5) is 15.0. The van der Waals surface area contributed by atoms with E-state index in [2.05, 4.69) is 33.7 Å². The van der Waals surface area contributed by atoms with Crippen molar-refractivity contribution in [1.82, 2.24) is 15.0 Å². The zero-order valence-corrected chi connectivity index (χ0v) is 13.8. The van der Waals surface area contributed by atoms with Gasteiger partial charge in [0.1, 0.15) is 23.1 Å². The van der Waals surface area contributed by atoms with Gasteiger partial charge in [0.15, 0.2) is 5.82 Å². The largest absolute Gasteiger partial charge is 0.497 e. The van der Waals surface area contributed by atoms with E-state index in [1.165, 1.54) is 6.42 Å². The van der Waals surface area contributed by atoms with Gasteiger partial charge in [0.2, 0.25) is 0 Å². The number of aromatic amines is 1. The van der Waals surface area contributed by atoms with Crippen molar-refractivity contribution in [3.63, 3.8) is 0 Å². The maximum absolute atomic E-state index is 5.35. The molecule has 0 amide bonds. The molecule has 1 aliphatic heterocycles. The summed E-state index contributed by atoms with van der Waals surface area (Å²) in [5.74, 6) is 3.24. The molecular formula is C18H22N4O. The summed E-state index contributed by atoms with van der Waals surface area (Å²) >= 11 is 0. The van der Waals surface area contributed by atoms with Gasteiger partial charge >= 0.3 is 0 Å². The van der Waals surface area contributed by atoms with Crippen LogP contribution >= 0.6 is 0 Å². The average molecular weight is 310 g/mol. The van der Waals surface area contributed by atoms with Gasteiger partial charge in [-0.2, -0.15) is 0 Å². The average Bonchev–Trinajstić information content (AvgIpc) is 2.91. The van der Waals surface area contributed by atoms with E-state index >= 15 is 0 Å². The molecule has 120 valence electrons. The third kappa shape index (κ3) is 2.40. The number of anilines is 1. The topological polar surface area (TPSA) is 54.0 Å². The maximum atomic E-state index is 5.35. The minimum atomic E-state index is 0.688. The van der Waals surface area contributed by atoms with E-state index in [0.29, 0.717) is 11.8 Å². The number of aromatic nitrogens is 3. The molecule has 1 fully saturated rings. The monoisotopic (exact) mass is 310 g/mol. The number of ether oxygens (including phenoxy) is 1. The van der Waals surface area contributed by atoms with Crippen LogP contribution in [0.4, 0.5) is 5.82 Å². The van der Waals surface area contributed by atoms with E-state index in [-0.39, 0.29) is 0 Å². The van der Waals surface area contributed by atoms with Gasteiger partial charge < -0.3 is 14.6 Å². The predicted molar refractivity (Wildman–Crippen MR) is 93.1 cm³/mol. The molecule has 0 spiro atoms. The van der Waals surface area contributed by atoms with Crippen molar-refractivity contribution in [3.8, 4) is 5.75 Å². The highest BCUT2D eigenvalue weighted by atomic mass is 16.5. The number of piperidine rings is 1. The van der Waals surface area contributed by atoms with E-state index in [0.717, 1.165) is 46.6 Å². The van der Waals surface area contributed by atoms with Crippen LogP contribution in [0.3, 0.4) is 0 Å². The first-order chi connectivity index (χ1) is 11.2. The van der Waals surface area contributed by atoms with Gasteiger partial charge in [0.25, 0.3) is 0 Å². The fourth-order valence-corrected chi connectivity index (χ4v) is 3.86. The van der Waals surface area contributed by atoms with Gasteiger partial charge in [-0.25, -0.2) is 9.97 Å². The SMILES string of the molecule is COc1ccc2[nH]c3c(N4CC(C)CC(C)C4)ncnc3c2c1. The molecule has 4 rings (SSSR count). The molecule has 1 saturated heterocycles. The fourth-order valence-electron chi connectivity index (χ4n) is 3.86. The molecule has 5 nitrogen and oxygen atoms in total. The van der Waals surface area contributed by atoms with Gasteiger partial charge in [0.05, 0.1) is 7.11 Å². The van der Waals surface area contributed by atoms with Gasteiger partial charge in [-0.05, 0) is 36.5 Å². The second kappa shape index (κ2) is 5.41. The van der Waals surface area contributed by atoms with E-state index in [1.54, 1.807) is 13.4 Å². The molecular weight excluding hydrogens is 288 g/mol. The van der Waals surface area contributed by atoms with E-state index in [1.807, 2.05) is 18.2 Å². The summed E-state index contributed by atoms with van der Waals surface area (Å²) in [6.07, 6.45) is 2.96. The van der Waals surface area contributed by atoms with Gasteiger partial charge in [-0.1, -0.05) is 13.8 Å². The van der Waals surface area contributed by atoms with Crippen LogP contribution in [-0.2, 0) is 0 Å². The molecule has 2 unspecified atom stereocenters. The van der Waals surface area contributed by atoms with Crippen LogP contribution in [0, 0.1) is 11.8 Å². The first-order valence-corrected chi connectivity index (χ1v) is 8.21. The summed E-state index contributed by atoms with van der Waals surface area (Å²) in [5.41, 5.74) is 3.06. The van der Waals surface area contributed by atoms with E-state index in [9.17, 15) is 0 Å². The van der Waals surface area contributed by atoms with Gasteiger partial charge in [0, 0.05) is 24.0 Å². The standard InChI is InChI=1S/C18H22N4O/c1-11-6-12(2)9-22(8-11)18-17-16(19-10-20-18)14-7-13(23-3)4-5-15(14)21-17/h4-5,7,10-12,21H,6,8-9H2,1-3H3. The zero-order chi connectivity index (χ0) is 16.0. The minimum absolute atomic E-state index is 0.688. The molecule has 0 bridgehead atoms. The first-order valence-electron chi connectivity index (χ1n) is 8.21. The van der Waals surface area contributed by atoms with Crippen LogP contribution < -0.4 is 9.64 Å². The van der Waals surface area contributed by atoms with Crippen LogP contribution in [0.5, 0.6) is 5.75 Å². The van der Waals surface area contributed by atoms with Crippen molar-refractivity contribution in [3.05, 3.63) is 24.5 Å². The molecule has 2 aromatic heterocycles. The van der Waals surface area contributed by atoms with Gasteiger partial charge in [-0.3, -0.25) is 0 Å². The Labute approximate surface area is 135 Å². The van der Waals surface area contributed by atoms with Crippen molar-refractivity contribution in [2.45, 2.75) is 20.3 Å². The number of hydrogen-bond donors (Lipinski definition) is 1. The van der Waals surface area contributed by atoms with Crippen LogP contribution in [0.25, 0.3) is 21.9 Å². The Morgan fingerprint density at radius 2 is 1.96 bits per heavy atom. The number of fused-ring (bicyclic) bond motifs is 3. The molecule has 1 aliphatic rings. The number of benzene rings is 1. The molecule has 1 aromatic carbocycles. The number of H-pyrrole nitrogens is 1. The highest BCUT2D eigenvalue weighted by Gasteiger charge is 2.25. The molecule has 23 heavy (non-hydrogen) atoms. The zero-order valence-electron chi connectivity index (χ0n) is 13.8. The minimum Gasteiger partial charge on any atom is -0.497 e. The Morgan fingerprint density at radius 1 is 1.17 bits per heavy atom. The molecule has 0 aliphatic carbocycles. The van der Waals surface area contributed by atoms with Crippen molar-refractivity contribution in [1.29, 1.82) is 0 Å². The lowest BCUT2D eigenvalue weighted by Crippen LogP contribution is -2.39. The summed E-state index contributed by atoms with van der Waals surface area (Å²) < 4.78 is 5.35. The summed E-state index contributed by atoms with van der Waals surface area (Å²) in [5, 5.41) is 1.08. The molecule has 0 radical (unpaired) electrons. The van der Waals surface area contributed by atoms with Crippen molar-refractivity contribution < 1.29 is 4.74 Å². The Morgan fingerprint density at radius 3 is 2.70 bits per heavy atom. The quantitative estimate of drug-likeness (QED) is 0.786. The van der Waals surface area contributed by atoms with Crippen molar-refractivity contribution in [2.24, 2.45) is 11.8 Å². The second-order valence-electron chi connectivity index (χ2n) is 6.81.